The number of anilines is 1. The number of H-pyrrole nitrogens is 1. The first kappa shape index (κ1) is 17.7. The molecule has 6 nitrogen and oxygen atoms in total. The number of methoxy groups -OCH3 is 1. The summed E-state index contributed by atoms with van der Waals surface area (Å²) in [6.07, 6.45) is 5.50. The number of pyridine rings is 2. The molecule has 1 aromatic carbocycles. The number of nitrogens with zero attached hydrogens (tertiary/aromatic N) is 3. The first-order valence-corrected chi connectivity index (χ1v) is 9.71. The zero-order valence-electron chi connectivity index (χ0n) is 16.3. The Labute approximate surface area is 169 Å². The molecule has 0 saturated carbocycles. The molecule has 1 aliphatic heterocycles. The lowest BCUT2D eigenvalue weighted by atomic mass is 10.1. The molecule has 0 unspecified atom stereocenters. The molecule has 3 aromatic heterocycles. The van der Waals surface area contributed by atoms with Crippen molar-refractivity contribution in [3.8, 4) is 28.1 Å². The fraction of sp³-hybridized carbons (Fsp3) is 0.217. The summed E-state index contributed by atoms with van der Waals surface area (Å²) in [6, 6.07) is 14.7. The number of aromatic amines is 1. The zero-order valence-corrected chi connectivity index (χ0v) is 16.3. The van der Waals surface area contributed by atoms with Gasteiger partial charge in [0.05, 0.1) is 26.5 Å². The summed E-state index contributed by atoms with van der Waals surface area (Å²) in [5.74, 6) is 1.75. The second-order valence-corrected chi connectivity index (χ2v) is 7.10. The Bertz CT molecular complexity index is 1130. The Balaban J connectivity index is 1.43. The molecule has 0 bridgehead atoms. The number of hydrogen-bond donors (Lipinski definition) is 1. The van der Waals surface area contributed by atoms with Gasteiger partial charge >= 0.3 is 0 Å². The summed E-state index contributed by atoms with van der Waals surface area (Å²) >= 11 is 0. The molecule has 5 rings (SSSR count). The lowest BCUT2D eigenvalue weighted by Gasteiger charge is -2.27. The number of ether oxygens (including phenoxy) is 2. The third kappa shape index (κ3) is 3.54. The van der Waals surface area contributed by atoms with E-state index in [0.717, 1.165) is 71.2 Å². The van der Waals surface area contributed by atoms with Gasteiger partial charge in [-0.25, -0.2) is 4.98 Å². The lowest BCUT2D eigenvalue weighted by molar-refractivity contribution is 0.122. The highest BCUT2D eigenvalue weighted by Crippen LogP contribution is 2.30. The average Bonchev–Trinajstić information content (AvgIpc) is 3.23. The van der Waals surface area contributed by atoms with Crippen LogP contribution in [-0.4, -0.2) is 48.4 Å². The van der Waals surface area contributed by atoms with Crippen LogP contribution in [0.1, 0.15) is 0 Å². The molecule has 0 atom stereocenters. The van der Waals surface area contributed by atoms with E-state index in [1.165, 1.54) is 0 Å². The highest BCUT2D eigenvalue weighted by atomic mass is 16.5. The van der Waals surface area contributed by atoms with Gasteiger partial charge < -0.3 is 19.4 Å². The van der Waals surface area contributed by atoms with Gasteiger partial charge in [0.2, 0.25) is 0 Å². The van der Waals surface area contributed by atoms with Gasteiger partial charge in [0, 0.05) is 53.2 Å². The molecule has 6 heteroatoms. The normalized spacial score (nSPS) is 14.3. The number of aromatic nitrogens is 3. The lowest BCUT2D eigenvalue weighted by Crippen LogP contribution is -2.36. The molecule has 0 spiro atoms. The van der Waals surface area contributed by atoms with Crippen molar-refractivity contribution in [2.45, 2.75) is 0 Å². The molecule has 1 aliphatic rings. The Morgan fingerprint density at radius 2 is 1.79 bits per heavy atom. The van der Waals surface area contributed by atoms with Crippen LogP contribution in [0.25, 0.3) is 33.3 Å². The number of hydrogen-bond acceptors (Lipinski definition) is 5. The predicted molar refractivity (Wildman–Crippen MR) is 114 cm³/mol. The van der Waals surface area contributed by atoms with Crippen molar-refractivity contribution < 1.29 is 9.47 Å². The number of morpholine rings is 1. The first-order chi connectivity index (χ1) is 14.3. The number of nitrogens with one attached hydrogen (secondary N) is 1. The average molecular weight is 386 g/mol. The molecule has 1 saturated heterocycles. The monoisotopic (exact) mass is 386 g/mol. The second kappa shape index (κ2) is 7.56. The minimum Gasteiger partial charge on any atom is -0.495 e. The maximum Gasteiger partial charge on any atom is 0.137 e. The fourth-order valence-corrected chi connectivity index (χ4v) is 3.68. The molecule has 4 heterocycles. The van der Waals surface area contributed by atoms with E-state index >= 15 is 0 Å². The van der Waals surface area contributed by atoms with Gasteiger partial charge in [0.25, 0.3) is 0 Å². The zero-order chi connectivity index (χ0) is 19.6. The predicted octanol–water partition coefficient (Wildman–Crippen LogP) is 4.14. The van der Waals surface area contributed by atoms with Crippen LogP contribution in [0.15, 0.2) is 61.1 Å². The Morgan fingerprint density at radius 3 is 2.59 bits per heavy atom. The van der Waals surface area contributed by atoms with Crippen LogP contribution in [0.2, 0.25) is 0 Å². The highest BCUT2D eigenvalue weighted by molar-refractivity contribution is 5.89. The molecule has 1 N–H and O–H groups in total. The number of rotatable bonds is 4. The van der Waals surface area contributed by atoms with Gasteiger partial charge in [0.1, 0.15) is 11.6 Å². The minimum absolute atomic E-state index is 0.754. The maximum atomic E-state index is 5.42. The van der Waals surface area contributed by atoms with E-state index < -0.39 is 0 Å². The van der Waals surface area contributed by atoms with E-state index in [1.54, 1.807) is 13.3 Å². The van der Waals surface area contributed by atoms with Crippen molar-refractivity contribution >= 4 is 16.7 Å². The molecule has 0 amide bonds. The van der Waals surface area contributed by atoms with E-state index in [0.29, 0.717) is 0 Å². The summed E-state index contributed by atoms with van der Waals surface area (Å²) in [5.41, 5.74) is 5.36. The van der Waals surface area contributed by atoms with Gasteiger partial charge in [-0.2, -0.15) is 0 Å². The van der Waals surface area contributed by atoms with Gasteiger partial charge in [0.15, 0.2) is 0 Å². The van der Waals surface area contributed by atoms with Crippen molar-refractivity contribution in [2.75, 3.05) is 38.3 Å². The number of benzene rings is 1. The first-order valence-electron chi connectivity index (χ1n) is 9.71. The van der Waals surface area contributed by atoms with E-state index in [2.05, 4.69) is 56.3 Å². The summed E-state index contributed by atoms with van der Waals surface area (Å²) in [5, 5.41) is 1.15. The molecular weight excluding hydrogens is 364 g/mol. The maximum absolute atomic E-state index is 5.42. The molecule has 146 valence electrons. The van der Waals surface area contributed by atoms with E-state index in [-0.39, 0.29) is 0 Å². The standard InChI is InChI=1S/C23H22N4O2/c1-28-20-11-19(13-24-15-20)16-2-4-21-18(10-16)12-22(26-21)17-3-5-23(25-14-17)27-6-8-29-9-7-27/h2-5,10-15,26H,6-9H2,1H3. The summed E-state index contributed by atoms with van der Waals surface area (Å²) in [6.45, 7) is 3.30. The van der Waals surface area contributed by atoms with E-state index in [1.807, 2.05) is 18.5 Å². The van der Waals surface area contributed by atoms with Crippen LogP contribution < -0.4 is 9.64 Å². The highest BCUT2D eigenvalue weighted by Gasteiger charge is 2.13. The van der Waals surface area contributed by atoms with Crippen LogP contribution in [0.3, 0.4) is 0 Å². The smallest absolute Gasteiger partial charge is 0.137 e. The molecule has 0 aliphatic carbocycles. The minimum atomic E-state index is 0.754. The Hall–Kier alpha value is -3.38. The molecule has 4 aromatic rings. The van der Waals surface area contributed by atoms with Gasteiger partial charge in [-0.1, -0.05) is 6.07 Å². The van der Waals surface area contributed by atoms with Crippen molar-refractivity contribution in [2.24, 2.45) is 0 Å². The fourth-order valence-electron chi connectivity index (χ4n) is 3.68. The Kier molecular flexibility index (Phi) is 4.62. The third-order valence-electron chi connectivity index (χ3n) is 5.30. The van der Waals surface area contributed by atoms with Crippen molar-refractivity contribution in [1.29, 1.82) is 0 Å². The third-order valence-corrected chi connectivity index (χ3v) is 5.30. The molecule has 0 radical (unpaired) electrons. The Morgan fingerprint density at radius 1 is 0.931 bits per heavy atom. The van der Waals surface area contributed by atoms with Crippen LogP contribution >= 0.6 is 0 Å². The van der Waals surface area contributed by atoms with Crippen LogP contribution in [0, 0.1) is 0 Å². The summed E-state index contributed by atoms with van der Waals surface area (Å²) in [7, 11) is 1.65. The molecular formula is C23H22N4O2. The van der Waals surface area contributed by atoms with Gasteiger partial charge in [-0.15, -0.1) is 0 Å². The van der Waals surface area contributed by atoms with Gasteiger partial charge in [-0.05, 0) is 42.0 Å². The second-order valence-electron chi connectivity index (χ2n) is 7.10. The quantitative estimate of drug-likeness (QED) is 0.571. The summed E-state index contributed by atoms with van der Waals surface area (Å²) in [4.78, 5) is 14.7. The molecule has 29 heavy (non-hydrogen) atoms. The van der Waals surface area contributed by atoms with Crippen LogP contribution in [0.4, 0.5) is 5.82 Å². The SMILES string of the molecule is COc1cncc(-c2ccc3[nH]c(-c4ccc(N5CCOCC5)nc4)cc3c2)c1. The summed E-state index contributed by atoms with van der Waals surface area (Å²) < 4.78 is 10.7. The number of fused-ring (bicyclic) bond motifs is 1. The van der Waals surface area contributed by atoms with Crippen LogP contribution in [-0.2, 0) is 4.74 Å². The van der Waals surface area contributed by atoms with Crippen LogP contribution in [0.5, 0.6) is 5.75 Å². The van der Waals surface area contributed by atoms with E-state index in [4.69, 9.17) is 9.47 Å². The van der Waals surface area contributed by atoms with Crippen molar-refractivity contribution in [1.82, 2.24) is 15.0 Å². The topological polar surface area (TPSA) is 63.3 Å². The van der Waals surface area contributed by atoms with Gasteiger partial charge in [-0.3, -0.25) is 4.98 Å². The molecule has 1 fully saturated rings. The van der Waals surface area contributed by atoms with Crippen molar-refractivity contribution in [3.63, 3.8) is 0 Å². The largest absolute Gasteiger partial charge is 0.495 e. The van der Waals surface area contributed by atoms with E-state index in [9.17, 15) is 0 Å². The van der Waals surface area contributed by atoms with Crippen molar-refractivity contribution in [3.05, 3.63) is 61.1 Å².